The summed E-state index contributed by atoms with van der Waals surface area (Å²) in [5, 5.41) is 31.6. The van der Waals surface area contributed by atoms with E-state index in [9.17, 15) is 36.2 Å². The third kappa shape index (κ3) is 6.96. The number of rotatable bonds is 4. The average molecular weight is 635 g/mol. The van der Waals surface area contributed by atoms with Gasteiger partial charge in [-0.25, -0.2) is 16.8 Å². The molecule has 0 spiro atoms. The van der Waals surface area contributed by atoms with Gasteiger partial charge in [-0.05, 0) is 36.8 Å². The fourth-order valence-electron chi connectivity index (χ4n) is 3.62. The van der Waals surface area contributed by atoms with E-state index in [1.165, 1.54) is 6.07 Å². The molecule has 0 amide bonds. The average Bonchev–Trinajstić information content (AvgIpc) is 2.81. The van der Waals surface area contributed by atoms with Crippen LogP contribution in [0.5, 0.6) is 11.5 Å². The van der Waals surface area contributed by atoms with Crippen LogP contribution >= 0.6 is 16.1 Å². The van der Waals surface area contributed by atoms with Crippen LogP contribution in [-0.2, 0) is 20.2 Å². The van der Waals surface area contributed by atoms with Gasteiger partial charge in [0.05, 0.1) is 9.79 Å². The van der Waals surface area contributed by atoms with Gasteiger partial charge in [0.25, 0.3) is 7.98 Å². The minimum atomic E-state index is -4.82. The molecular weight excluding hydrogens is 615 g/mol. The Kier molecular flexibility index (Phi) is 9.92. The van der Waals surface area contributed by atoms with Gasteiger partial charge in [-0.2, -0.15) is 5.11 Å². The molecule has 0 atom stereocenters. The summed E-state index contributed by atoms with van der Waals surface area (Å²) in [6.07, 6.45) is 0. The van der Waals surface area contributed by atoms with Crippen LogP contribution in [0.1, 0.15) is 18.6 Å². The number of hydrogen-bond donors (Lipinski definition) is 2. The van der Waals surface area contributed by atoms with Crippen LogP contribution in [0.2, 0.25) is 0 Å². The predicted octanol–water partition coefficient (Wildman–Crippen LogP) is 5.71. The van der Waals surface area contributed by atoms with Crippen molar-refractivity contribution in [1.29, 1.82) is 0 Å². The Morgan fingerprint density at radius 2 is 1.23 bits per heavy atom. The molecule has 16 heteroatoms. The Balaban J connectivity index is 0.000000267. The molecular formula is C23H20BBrN4O8S2-2. The third-order valence-corrected chi connectivity index (χ3v) is 7.11. The lowest BCUT2D eigenvalue weighted by Gasteiger charge is -2.13. The van der Waals surface area contributed by atoms with E-state index < -0.39 is 41.5 Å². The molecule has 0 bridgehead atoms. The normalized spacial score (nSPS) is 12.0. The van der Waals surface area contributed by atoms with Crippen molar-refractivity contribution in [3.8, 4) is 11.5 Å². The van der Waals surface area contributed by atoms with Crippen molar-refractivity contribution in [2.24, 2.45) is 19.4 Å². The van der Waals surface area contributed by atoms with Crippen LogP contribution in [0, 0.1) is 13.8 Å². The molecule has 204 valence electrons. The van der Waals surface area contributed by atoms with E-state index in [4.69, 9.17) is 7.98 Å². The molecule has 12 nitrogen and oxygen atoms in total. The molecule has 0 heterocycles. The maximum absolute atomic E-state index is 11.2. The Labute approximate surface area is 234 Å². The monoisotopic (exact) mass is 634 g/mol. The zero-order chi connectivity index (χ0) is 28.4. The van der Waals surface area contributed by atoms with Crippen LogP contribution in [0.15, 0.2) is 77.7 Å². The van der Waals surface area contributed by atoms with Crippen LogP contribution in [0.4, 0.5) is 11.4 Å². The zero-order valence-corrected chi connectivity index (χ0v) is 22.7. The molecule has 2 N–H and O–H groups in total. The minimum Gasteiger partial charge on any atom is -0.744 e. The molecule has 4 rings (SSSR count). The molecule has 0 unspecified atom stereocenters. The van der Waals surface area contributed by atoms with Crippen molar-refractivity contribution in [2.75, 3.05) is 0 Å². The molecule has 0 aliphatic heterocycles. The fraction of sp³-hybridized carbons (Fsp3) is 0.130. The first-order chi connectivity index (χ1) is 17.7. The summed E-state index contributed by atoms with van der Waals surface area (Å²) in [4.78, 5) is -1.35. The highest BCUT2D eigenvalue weighted by Crippen LogP contribution is 2.42. The van der Waals surface area contributed by atoms with Crippen molar-refractivity contribution in [2.45, 2.75) is 31.1 Å². The number of hydrogen-bond acceptors (Lipinski definition) is 12. The second-order valence-corrected chi connectivity index (χ2v) is 10.9. The Bertz CT molecular complexity index is 1850. The summed E-state index contributed by atoms with van der Waals surface area (Å²) in [6, 6.07) is 12.4. The van der Waals surface area contributed by atoms with Crippen molar-refractivity contribution < 1.29 is 36.2 Å². The van der Waals surface area contributed by atoms with Crippen LogP contribution in [0.3, 0.4) is 0 Å². The van der Waals surface area contributed by atoms with Crippen molar-refractivity contribution in [3.05, 3.63) is 59.7 Å². The molecule has 0 aliphatic rings. The predicted molar refractivity (Wildman–Crippen MR) is 147 cm³/mol. The third-order valence-electron chi connectivity index (χ3n) is 5.25. The van der Waals surface area contributed by atoms with Crippen LogP contribution in [0.25, 0.3) is 21.5 Å². The summed E-state index contributed by atoms with van der Waals surface area (Å²) in [7, 11) is -4.66. The van der Waals surface area contributed by atoms with Crippen LogP contribution < -0.4 is 0 Å². The molecule has 0 aliphatic carbocycles. The number of phenolic OH excluding ortho intramolecular Hbond substituents is 2. The molecule has 0 fully saturated rings. The molecule has 0 saturated heterocycles. The highest BCUT2D eigenvalue weighted by atomic mass is 79.9. The number of aromatic hydroxyl groups is 2. The first-order valence-electron chi connectivity index (χ1n) is 10.3. The minimum absolute atomic E-state index is 0. The van der Waals surface area contributed by atoms with Gasteiger partial charge in [-0.15, -0.1) is 9.25 Å². The van der Waals surface area contributed by atoms with Gasteiger partial charge in [0.2, 0.25) is 0 Å². The molecule has 4 aromatic rings. The first-order valence-corrected chi connectivity index (χ1v) is 13.8. The lowest BCUT2D eigenvalue weighted by Crippen LogP contribution is -1.99. The number of phenols is 2. The second-order valence-electron chi connectivity index (χ2n) is 7.89. The molecule has 39 heavy (non-hydrogen) atoms. The molecule has 0 saturated carbocycles. The number of fused-ring (bicyclic) bond motifs is 2. The summed E-state index contributed by atoms with van der Waals surface area (Å²) < 4.78 is 70.3. The lowest BCUT2D eigenvalue weighted by atomic mass is 10.1. The summed E-state index contributed by atoms with van der Waals surface area (Å²) >= 11 is 2.65. The van der Waals surface area contributed by atoms with E-state index in [-0.39, 0.29) is 18.8 Å². The highest BCUT2D eigenvalue weighted by Gasteiger charge is 2.18. The van der Waals surface area contributed by atoms with Crippen LogP contribution in [-0.4, -0.2) is 44.1 Å². The standard InChI is InChI=1S/C11H9BN2O4S.C11H9BrN2O4S.CH4/c1-6-2-3-8-7(4-6)5-9(19(16,17)18)11(15)10(8)13-14-12;1-6-2-3-8-7(4-6)5-9(19(16,17)18)10(11(8)15)13-14-12;/h2*2-5,15H,1H3,(H,16,17,18);1H4/p-2. The Morgan fingerprint density at radius 3 is 1.72 bits per heavy atom. The Hall–Kier alpha value is -3.44. The number of benzene rings is 4. The highest BCUT2D eigenvalue weighted by molar-refractivity contribution is 9.08. The van der Waals surface area contributed by atoms with Gasteiger partial charge in [0.1, 0.15) is 47.8 Å². The van der Waals surface area contributed by atoms with E-state index >= 15 is 0 Å². The van der Waals surface area contributed by atoms with E-state index in [1.807, 2.05) is 13.8 Å². The molecule has 4 aromatic carbocycles. The smallest absolute Gasteiger partial charge is 0.293 e. The van der Waals surface area contributed by atoms with Gasteiger partial charge >= 0.3 is 0 Å². The van der Waals surface area contributed by atoms with E-state index in [2.05, 4.69) is 35.5 Å². The van der Waals surface area contributed by atoms with Crippen molar-refractivity contribution in [1.82, 2.24) is 0 Å². The van der Waals surface area contributed by atoms with Gasteiger partial charge in [0.15, 0.2) is 11.5 Å². The van der Waals surface area contributed by atoms with E-state index in [1.54, 1.807) is 36.4 Å². The second kappa shape index (κ2) is 12.2. The van der Waals surface area contributed by atoms with Gasteiger partial charge < -0.3 is 19.3 Å². The Morgan fingerprint density at radius 1 is 0.744 bits per heavy atom. The van der Waals surface area contributed by atoms with E-state index in [0.717, 1.165) is 17.2 Å². The van der Waals surface area contributed by atoms with Gasteiger partial charge in [-0.3, -0.25) is 5.03 Å². The SMILES string of the molecule is C.Cc1ccc2c(O)c(N=NBr)c(S(=O)(=O)[O-])cc2c1.[B]N=Nc1c(O)c(S(=O)(=O)[O-])cc2cc(C)ccc12. The summed E-state index contributed by atoms with van der Waals surface area (Å²) in [6.45, 7) is 3.62. The summed E-state index contributed by atoms with van der Waals surface area (Å²) in [5.74, 6) is -1.14. The number of nitrogens with zero attached hydrogens (tertiary/aromatic N) is 4. The topological polar surface area (TPSA) is 204 Å². The summed E-state index contributed by atoms with van der Waals surface area (Å²) in [5.41, 5.74) is 1.22. The maximum atomic E-state index is 11.2. The van der Waals surface area contributed by atoms with E-state index in [0.29, 0.717) is 21.5 Å². The maximum Gasteiger partial charge on any atom is 0.293 e. The lowest BCUT2D eigenvalue weighted by molar-refractivity contribution is 0.436. The fourth-order valence-corrected chi connectivity index (χ4v) is 5.03. The van der Waals surface area contributed by atoms with Crippen molar-refractivity contribution in [3.63, 3.8) is 0 Å². The van der Waals surface area contributed by atoms with Gasteiger partial charge in [0, 0.05) is 10.8 Å². The zero-order valence-electron chi connectivity index (χ0n) is 19.5. The largest absolute Gasteiger partial charge is 0.744 e. The number of halogens is 1. The first kappa shape index (κ1) is 31.8. The van der Waals surface area contributed by atoms with Gasteiger partial charge in [-0.1, -0.05) is 55.0 Å². The quantitative estimate of drug-likeness (QED) is 0.161. The molecule has 0 aromatic heterocycles. The van der Waals surface area contributed by atoms with Crippen molar-refractivity contribution >= 4 is 77.3 Å². The molecule has 2 radical (unpaired) electrons. The number of aryl methyl sites for hydroxylation is 2.